The zero-order valence-electron chi connectivity index (χ0n) is 32.5. The first-order chi connectivity index (χ1) is 27.3. The normalized spacial score (nSPS) is 13.9. The van der Waals surface area contributed by atoms with Crippen LogP contribution in [0.3, 0.4) is 0 Å². The molecule has 3 aromatic carbocycles. The maximum atomic E-state index is 13.2. The van der Waals surface area contributed by atoms with Crippen LogP contribution in [0.2, 0.25) is 0 Å². The fourth-order valence-corrected chi connectivity index (χ4v) is 7.17. The minimum absolute atomic E-state index is 0.0105. The Morgan fingerprint density at radius 1 is 0.719 bits per heavy atom. The van der Waals surface area contributed by atoms with E-state index in [4.69, 9.17) is 11.1 Å². The van der Waals surface area contributed by atoms with Crippen LogP contribution in [0, 0.1) is 12.3 Å². The molecule has 0 aromatic heterocycles. The number of aryl methyl sites for hydroxylation is 1. The summed E-state index contributed by atoms with van der Waals surface area (Å²) < 4.78 is 27.5. The molecule has 1 heterocycles. The van der Waals surface area contributed by atoms with Crippen molar-refractivity contribution in [3.05, 3.63) is 95.6 Å². The van der Waals surface area contributed by atoms with Gasteiger partial charge in [0, 0.05) is 83.0 Å². The van der Waals surface area contributed by atoms with Gasteiger partial charge in [0.2, 0.25) is 33.7 Å². The lowest BCUT2D eigenvalue weighted by molar-refractivity contribution is -0.128. The van der Waals surface area contributed by atoms with Gasteiger partial charge in [0.25, 0.3) is 0 Å². The van der Waals surface area contributed by atoms with Gasteiger partial charge in [-0.3, -0.25) is 24.6 Å². The van der Waals surface area contributed by atoms with Gasteiger partial charge in [0.1, 0.15) is 6.04 Å². The highest BCUT2D eigenvalue weighted by Gasteiger charge is 2.23. The molecule has 1 fully saturated rings. The van der Waals surface area contributed by atoms with Crippen LogP contribution in [-0.2, 0) is 41.4 Å². The monoisotopic (exact) mass is 804 g/mol. The molecule has 0 saturated carbocycles. The average Bonchev–Trinajstić information content (AvgIpc) is 3.18. The maximum absolute atomic E-state index is 13.2. The van der Waals surface area contributed by atoms with Crippen molar-refractivity contribution in [3.63, 3.8) is 0 Å². The number of nitrogens with one attached hydrogen (secondary N) is 7. The van der Waals surface area contributed by atoms with E-state index in [1.54, 1.807) is 54.6 Å². The highest BCUT2D eigenvalue weighted by Crippen LogP contribution is 2.14. The summed E-state index contributed by atoms with van der Waals surface area (Å²) in [4.78, 5) is 55.8. The Kier molecular flexibility index (Phi) is 17.9. The summed E-state index contributed by atoms with van der Waals surface area (Å²) in [5, 5.41) is 21.3. The van der Waals surface area contributed by atoms with Crippen LogP contribution >= 0.6 is 0 Å². The summed E-state index contributed by atoms with van der Waals surface area (Å²) in [5.74, 6) is -1.66. The number of anilines is 2. The molecule has 0 spiro atoms. The number of carbonyl (C=O) groups excluding carboxylic acids is 4. The molecule has 308 valence electrons. The van der Waals surface area contributed by atoms with Gasteiger partial charge in [-0.2, -0.15) is 0 Å². The Hall–Kier alpha value is -5.36. The van der Waals surface area contributed by atoms with Crippen LogP contribution in [0.15, 0.2) is 78.9 Å². The van der Waals surface area contributed by atoms with E-state index < -0.39 is 34.4 Å². The van der Waals surface area contributed by atoms with Crippen molar-refractivity contribution in [2.24, 2.45) is 5.73 Å². The summed E-state index contributed by atoms with van der Waals surface area (Å²) >= 11 is 0. The molecule has 16 nitrogen and oxygen atoms in total. The van der Waals surface area contributed by atoms with E-state index in [9.17, 15) is 27.6 Å². The minimum Gasteiger partial charge on any atom is -0.370 e. The Labute approximate surface area is 335 Å². The lowest BCUT2D eigenvalue weighted by atomic mass is 10.0. The van der Waals surface area contributed by atoms with Crippen molar-refractivity contribution in [1.82, 2.24) is 30.5 Å². The van der Waals surface area contributed by atoms with Crippen molar-refractivity contribution in [3.8, 4) is 0 Å². The van der Waals surface area contributed by atoms with Crippen molar-refractivity contribution >= 4 is 51.0 Å². The second-order valence-corrected chi connectivity index (χ2v) is 15.9. The number of sulfonamides is 1. The van der Waals surface area contributed by atoms with Crippen LogP contribution in [0.25, 0.3) is 0 Å². The van der Waals surface area contributed by atoms with Crippen molar-refractivity contribution in [2.45, 2.75) is 50.8 Å². The predicted molar refractivity (Wildman–Crippen MR) is 222 cm³/mol. The van der Waals surface area contributed by atoms with E-state index in [1.807, 2.05) is 31.2 Å². The molecule has 4 rings (SSSR count). The molecule has 1 atom stereocenters. The SMILES string of the molecule is Cc1ccc(NC(=O)CCN2CCN(CCC(=O)Nc3ccc(C[C@H](NC(=O)CNS(=O)(=O)Cc4ccccc4)C(=O)NCCCCNC(=N)N)cc3)CC2)cc1. The van der Waals surface area contributed by atoms with Gasteiger partial charge in [-0.25, -0.2) is 13.1 Å². The van der Waals surface area contributed by atoms with Crippen LogP contribution in [0.5, 0.6) is 0 Å². The van der Waals surface area contributed by atoms with Crippen LogP contribution in [0.4, 0.5) is 11.4 Å². The third-order valence-electron chi connectivity index (χ3n) is 9.31. The molecule has 3 aromatic rings. The van der Waals surface area contributed by atoms with E-state index >= 15 is 0 Å². The second kappa shape index (κ2) is 23.0. The number of carbonyl (C=O) groups is 4. The van der Waals surface area contributed by atoms with E-state index in [0.29, 0.717) is 68.7 Å². The third kappa shape index (κ3) is 17.5. The number of rotatable bonds is 22. The highest BCUT2D eigenvalue weighted by molar-refractivity contribution is 7.88. The Morgan fingerprint density at radius 2 is 1.25 bits per heavy atom. The number of piperazine rings is 1. The van der Waals surface area contributed by atoms with E-state index in [2.05, 4.69) is 41.1 Å². The highest BCUT2D eigenvalue weighted by atomic mass is 32.2. The molecule has 1 aliphatic heterocycles. The number of amides is 4. The summed E-state index contributed by atoms with van der Waals surface area (Å²) in [7, 11) is -3.81. The molecular weight excluding hydrogens is 749 g/mol. The third-order valence-corrected chi connectivity index (χ3v) is 10.6. The number of hydrogen-bond donors (Lipinski definition) is 8. The fraction of sp³-hybridized carbons (Fsp3) is 0.425. The first-order valence-corrected chi connectivity index (χ1v) is 20.8. The molecule has 9 N–H and O–H groups in total. The number of nitrogens with zero attached hydrogens (tertiary/aromatic N) is 2. The molecular formula is C40H56N10O6S. The predicted octanol–water partition coefficient (Wildman–Crippen LogP) is 1.50. The van der Waals surface area contributed by atoms with Gasteiger partial charge >= 0.3 is 0 Å². The summed E-state index contributed by atoms with van der Waals surface area (Å²) in [5.41, 5.74) is 9.12. The zero-order chi connectivity index (χ0) is 41.0. The summed E-state index contributed by atoms with van der Waals surface area (Å²) in [6.07, 6.45) is 2.11. The van der Waals surface area contributed by atoms with Gasteiger partial charge in [0.15, 0.2) is 5.96 Å². The van der Waals surface area contributed by atoms with Crippen LogP contribution in [0.1, 0.15) is 42.4 Å². The molecule has 0 unspecified atom stereocenters. The lowest BCUT2D eigenvalue weighted by Gasteiger charge is -2.34. The molecule has 1 aliphatic rings. The molecule has 57 heavy (non-hydrogen) atoms. The number of guanidine groups is 1. The average molecular weight is 805 g/mol. The van der Waals surface area contributed by atoms with Gasteiger partial charge in [-0.1, -0.05) is 60.2 Å². The van der Waals surface area contributed by atoms with Crippen LogP contribution in [-0.4, -0.2) is 113 Å². The molecule has 0 bridgehead atoms. The molecule has 1 saturated heterocycles. The first kappa shape index (κ1) is 44.4. The lowest BCUT2D eigenvalue weighted by Crippen LogP contribution is -2.50. The summed E-state index contributed by atoms with van der Waals surface area (Å²) in [6, 6.07) is 22.3. The smallest absolute Gasteiger partial charge is 0.242 e. The second-order valence-electron chi connectivity index (χ2n) is 14.1. The molecule has 4 amide bonds. The Bertz CT molecular complexity index is 1870. The molecule has 0 radical (unpaired) electrons. The van der Waals surface area contributed by atoms with E-state index in [1.165, 1.54) is 0 Å². The zero-order valence-corrected chi connectivity index (χ0v) is 33.3. The standard InChI is InChI=1S/C40H56N10O6S/c1-30-9-13-33(14-10-30)46-36(51)17-21-49-23-25-50(26-24-49)22-18-37(52)47-34-15-11-31(12-16-34)27-35(39(54)43-19-5-6-20-44-40(41)42)48-38(53)28-45-57(55,56)29-32-7-3-2-4-8-32/h2-4,7-16,35,45H,5-6,17-29H2,1H3,(H,43,54)(H,46,51)(H,47,52)(H,48,53)(H4,41,42,44)/t35-/m0/s1. The van der Waals surface area contributed by atoms with Gasteiger partial charge in [-0.15, -0.1) is 0 Å². The molecule has 17 heteroatoms. The minimum atomic E-state index is -3.81. The van der Waals surface area contributed by atoms with Gasteiger partial charge in [0.05, 0.1) is 12.3 Å². The molecule has 0 aliphatic carbocycles. The Morgan fingerprint density at radius 3 is 1.79 bits per heavy atom. The maximum Gasteiger partial charge on any atom is 0.242 e. The fourth-order valence-electron chi connectivity index (χ4n) is 6.08. The van der Waals surface area contributed by atoms with E-state index in [0.717, 1.165) is 37.4 Å². The quantitative estimate of drug-likeness (QED) is 0.0415. The van der Waals surface area contributed by atoms with Crippen LogP contribution < -0.4 is 37.0 Å². The van der Waals surface area contributed by atoms with Crippen molar-refractivity contribution in [2.75, 3.05) is 69.5 Å². The van der Waals surface area contributed by atoms with Gasteiger partial charge in [-0.05, 0) is 55.2 Å². The number of hydrogen-bond acceptors (Lipinski definition) is 9. The number of unbranched alkanes of at least 4 members (excludes halogenated alkanes) is 1. The van der Waals surface area contributed by atoms with Gasteiger partial charge < -0.3 is 42.1 Å². The largest absolute Gasteiger partial charge is 0.370 e. The topological polar surface area (TPSA) is 231 Å². The van der Waals surface area contributed by atoms with E-state index in [-0.39, 0.29) is 29.9 Å². The summed E-state index contributed by atoms with van der Waals surface area (Å²) in [6.45, 7) is 6.82. The Balaban J connectivity index is 1.20. The first-order valence-electron chi connectivity index (χ1n) is 19.2. The number of benzene rings is 3. The van der Waals surface area contributed by atoms with Crippen molar-refractivity contribution in [1.29, 1.82) is 5.41 Å². The van der Waals surface area contributed by atoms with Crippen molar-refractivity contribution < 1.29 is 27.6 Å². The number of nitrogens with two attached hydrogens (primary N) is 1.